The number of benzene rings is 2. The van der Waals surface area contributed by atoms with E-state index in [0.717, 1.165) is 29.5 Å². The van der Waals surface area contributed by atoms with Crippen LogP contribution in [0.2, 0.25) is 0 Å². The van der Waals surface area contributed by atoms with Gasteiger partial charge < -0.3 is 15.5 Å². The van der Waals surface area contributed by atoms with Crippen LogP contribution in [0.1, 0.15) is 47.1 Å². The molecule has 2 saturated heterocycles. The Labute approximate surface area is 197 Å². The number of phenolic OH excluding ortho intramolecular Hbond substituents is 1. The molecule has 0 spiro atoms. The molecule has 4 rings (SSSR count). The molecule has 1 amide bonds. The molecule has 1 unspecified atom stereocenters. The number of piperidine rings is 1. The van der Waals surface area contributed by atoms with Crippen molar-refractivity contribution in [2.45, 2.75) is 38.6 Å². The quantitative estimate of drug-likeness (QED) is 0.381. The van der Waals surface area contributed by atoms with Crippen LogP contribution >= 0.6 is 0 Å². The minimum absolute atomic E-state index is 0.0109. The number of Topliss-reactive ketones (excluding diaryl/α,β-unsaturated/α-hetero) is 1. The fourth-order valence-electron chi connectivity index (χ4n) is 4.49. The fourth-order valence-corrected chi connectivity index (χ4v) is 4.49. The number of anilines is 1. The maximum absolute atomic E-state index is 12.9. The summed E-state index contributed by atoms with van der Waals surface area (Å²) in [5.41, 5.74) is 6.30. The SMILES string of the molecule is Cc1ccc(C2NC(=O)C(=NNc3cccc(C4CCN(CC(=O)O)CC4)c3O)C2=O)cc1C. The van der Waals surface area contributed by atoms with Crippen LogP contribution in [0.25, 0.3) is 0 Å². The molecule has 0 saturated carbocycles. The van der Waals surface area contributed by atoms with Crippen LogP contribution in [0.3, 0.4) is 0 Å². The van der Waals surface area contributed by atoms with Crippen molar-refractivity contribution in [3.05, 3.63) is 58.7 Å². The van der Waals surface area contributed by atoms with Gasteiger partial charge in [0.1, 0.15) is 11.8 Å². The van der Waals surface area contributed by atoms with Gasteiger partial charge in [0.2, 0.25) is 5.78 Å². The molecule has 9 heteroatoms. The Morgan fingerprint density at radius 1 is 1.15 bits per heavy atom. The average molecular weight is 465 g/mol. The number of aryl methyl sites for hydroxylation is 2. The molecule has 0 bridgehead atoms. The third-order valence-electron chi connectivity index (χ3n) is 6.59. The van der Waals surface area contributed by atoms with E-state index >= 15 is 0 Å². The maximum atomic E-state index is 12.9. The van der Waals surface area contributed by atoms with E-state index in [1.807, 2.05) is 43.0 Å². The second-order valence-electron chi connectivity index (χ2n) is 8.87. The summed E-state index contributed by atoms with van der Waals surface area (Å²) in [6.07, 6.45) is 1.44. The average Bonchev–Trinajstić information content (AvgIpc) is 3.08. The second-order valence-corrected chi connectivity index (χ2v) is 8.87. The maximum Gasteiger partial charge on any atom is 0.317 e. The Bertz CT molecular complexity index is 1170. The summed E-state index contributed by atoms with van der Waals surface area (Å²) in [5, 5.41) is 26.5. The van der Waals surface area contributed by atoms with Gasteiger partial charge in [-0.2, -0.15) is 5.10 Å². The highest BCUT2D eigenvalue weighted by Crippen LogP contribution is 2.38. The first kappa shape index (κ1) is 23.4. The number of nitrogens with zero attached hydrogens (tertiary/aromatic N) is 2. The van der Waals surface area contributed by atoms with Crippen LogP contribution in [-0.2, 0) is 14.4 Å². The Kier molecular flexibility index (Phi) is 6.65. The van der Waals surface area contributed by atoms with Crippen molar-refractivity contribution in [3.8, 4) is 5.75 Å². The largest absolute Gasteiger partial charge is 0.505 e. The number of likely N-dealkylation sites (tertiary alicyclic amines) is 1. The Morgan fingerprint density at radius 3 is 2.56 bits per heavy atom. The number of ketones is 1. The van der Waals surface area contributed by atoms with Crippen LogP contribution in [0.15, 0.2) is 41.5 Å². The number of hydrazone groups is 1. The van der Waals surface area contributed by atoms with Crippen molar-refractivity contribution >= 4 is 29.1 Å². The molecular formula is C25H28N4O5. The molecule has 0 aromatic heterocycles. The van der Waals surface area contributed by atoms with Crippen LogP contribution in [0, 0.1) is 13.8 Å². The number of rotatable bonds is 6. The zero-order chi connectivity index (χ0) is 24.4. The Balaban J connectivity index is 1.47. The first-order chi connectivity index (χ1) is 16.2. The summed E-state index contributed by atoms with van der Waals surface area (Å²) < 4.78 is 0. The van der Waals surface area contributed by atoms with Gasteiger partial charge in [0.25, 0.3) is 5.91 Å². The molecule has 1 atom stereocenters. The van der Waals surface area contributed by atoms with E-state index in [2.05, 4.69) is 15.8 Å². The number of hydrogen-bond donors (Lipinski definition) is 4. The third kappa shape index (κ3) is 4.79. The highest BCUT2D eigenvalue weighted by molar-refractivity contribution is 6.69. The van der Waals surface area contributed by atoms with Crippen LogP contribution in [-0.4, -0.2) is 58.1 Å². The topological polar surface area (TPSA) is 131 Å². The smallest absolute Gasteiger partial charge is 0.317 e. The minimum Gasteiger partial charge on any atom is -0.505 e. The first-order valence-corrected chi connectivity index (χ1v) is 11.3. The number of carbonyl (C=O) groups excluding carboxylic acids is 2. The van der Waals surface area contributed by atoms with E-state index < -0.39 is 23.7 Å². The molecule has 2 fully saturated rings. The third-order valence-corrected chi connectivity index (χ3v) is 6.59. The van der Waals surface area contributed by atoms with Crippen LogP contribution in [0.5, 0.6) is 5.75 Å². The van der Waals surface area contributed by atoms with E-state index in [-0.39, 0.29) is 23.9 Å². The summed E-state index contributed by atoms with van der Waals surface area (Å²) in [7, 11) is 0. The molecule has 34 heavy (non-hydrogen) atoms. The molecule has 4 N–H and O–H groups in total. The van der Waals surface area contributed by atoms with Crippen molar-refractivity contribution < 1.29 is 24.6 Å². The van der Waals surface area contributed by atoms with E-state index in [9.17, 15) is 19.5 Å². The van der Waals surface area contributed by atoms with Gasteiger partial charge in [-0.1, -0.05) is 30.3 Å². The number of para-hydroxylation sites is 1. The number of carboxylic acid groups (broad SMARTS) is 1. The number of aromatic hydroxyl groups is 1. The molecule has 2 heterocycles. The normalized spacial score (nSPS) is 20.5. The number of aliphatic carboxylic acids is 1. The lowest BCUT2D eigenvalue weighted by Gasteiger charge is -2.31. The highest BCUT2D eigenvalue weighted by Gasteiger charge is 2.39. The van der Waals surface area contributed by atoms with Crippen molar-refractivity contribution in [1.29, 1.82) is 0 Å². The first-order valence-electron chi connectivity index (χ1n) is 11.3. The summed E-state index contributed by atoms with van der Waals surface area (Å²) in [5.74, 6) is -1.76. The van der Waals surface area contributed by atoms with Crippen molar-refractivity contribution in [1.82, 2.24) is 10.2 Å². The second kappa shape index (κ2) is 9.64. The number of carboxylic acids is 1. The van der Waals surface area contributed by atoms with Gasteiger partial charge in [0, 0.05) is 0 Å². The van der Waals surface area contributed by atoms with E-state index in [1.54, 1.807) is 12.1 Å². The van der Waals surface area contributed by atoms with Gasteiger partial charge in [0.05, 0.1) is 12.2 Å². The molecular weight excluding hydrogens is 436 g/mol. The lowest BCUT2D eigenvalue weighted by Crippen LogP contribution is -2.36. The van der Waals surface area contributed by atoms with Crippen molar-refractivity contribution in [2.75, 3.05) is 25.1 Å². The standard InChI is InChI=1S/C25H28N4O5/c1-14-6-7-17(12-15(14)2)21-24(33)22(25(34)26-21)28-27-19-5-3-4-18(23(19)32)16-8-10-29(11-9-16)13-20(30)31/h3-7,12,16,21,27,32H,8-11,13H2,1-2H3,(H,26,34)(H,30,31). The predicted molar refractivity (Wildman–Crippen MR) is 127 cm³/mol. The molecule has 2 aliphatic heterocycles. The molecule has 178 valence electrons. The predicted octanol–water partition coefficient (Wildman–Crippen LogP) is 2.48. The molecule has 0 aliphatic carbocycles. The molecule has 2 aliphatic rings. The fraction of sp³-hybridized carbons (Fsp3) is 0.360. The highest BCUT2D eigenvalue weighted by atomic mass is 16.4. The summed E-state index contributed by atoms with van der Waals surface area (Å²) >= 11 is 0. The van der Waals surface area contributed by atoms with Gasteiger partial charge in [-0.25, -0.2) is 0 Å². The van der Waals surface area contributed by atoms with Gasteiger partial charge in [-0.05, 0) is 74.0 Å². The summed E-state index contributed by atoms with van der Waals surface area (Å²) in [6, 6.07) is 10.0. The number of phenols is 1. The molecule has 2 aromatic carbocycles. The molecule has 0 radical (unpaired) electrons. The van der Waals surface area contributed by atoms with E-state index in [4.69, 9.17) is 5.11 Å². The lowest BCUT2D eigenvalue weighted by molar-refractivity contribution is -0.138. The van der Waals surface area contributed by atoms with Crippen LogP contribution in [0.4, 0.5) is 5.69 Å². The Hall–Kier alpha value is -3.72. The summed E-state index contributed by atoms with van der Waals surface area (Å²) in [4.78, 5) is 38.1. The van der Waals surface area contributed by atoms with Gasteiger partial charge in [-0.15, -0.1) is 0 Å². The number of amides is 1. The lowest BCUT2D eigenvalue weighted by atomic mass is 9.88. The van der Waals surface area contributed by atoms with Crippen molar-refractivity contribution in [2.24, 2.45) is 5.10 Å². The number of hydrogen-bond acceptors (Lipinski definition) is 7. The monoisotopic (exact) mass is 464 g/mol. The number of carbonyl (C=O) groups is 3. The van der Waals surface area contributed by atoms with Gasteiger partial charge >= 0.3 is 5.97 Å². The van der Waals surface area contributed by atoms with E-state index in [1.165, 1.54) is 0 Å². The Morgan fingerprint density at radius 2 is 1.88 bits per heavy atom. The van der Waals surface area contributed by atoms with E-state index in [0.29, 0.717) is 24.3 Å². The molecule has 2 aromatic rings. The summed E-state index contributed by atoms with van der Waals surface area (Å²) in [6.45, 7) is 5.19. The minimum atomic E-state index is -0.850. The van der Waals surface area contributed by atoms with Crippen LogP contribution < -0.4 is 10.7 Å². The zero-order valence-corrected chi connectivity index (χ0v) is 19.2. The van der Waals surface area contributed by atoms with Gasteiger partial charge in [0.15, 0.2) is 5.71 Å². The van der Waals surface area contributed by atoms with Gasteiger partial charge in [-0.3, -0.25) is 24.7 Å². The molecule has 9 nitrogen and oxygen atoms in total. The number of nitrogens with one attached hydrogen (secondary N) is 2. The zero-order valence-electron chi connectivity index (χ0n) is 19.2. The van der Waals surface area contributed by atoms with Crippen molar-refractivity contribution in [3.63, 3.8) is 0 Å².